The smallest absolute Gasteiger partial charge is 0.128 e. The molecule has 2 atom stereocenters. The number of hydrogen-bond donors (Lipinski definition) is 2. The molecule has 38 heavy (non-hydrogen) atoms. The van der Waals surface area contributed by atoms with Crippen molar-refractivity contribution >= 4 is 12.4 Å². The standard InChI is InChI=1S/C30H42N2O4.Co.HI/c1-29(2,3)23-15-21(35-7)13-19(27(23)33)17-31-25-11-9-10-12-26(25)32-18-20-14-22(36-8)16-24(28(20)34)30(4,5)6;;/h13-18,25-26,33-34H,9-12H2,1-8H3;;1H/p-1/t25-,26-;;/m1../s1. The van der Waals surface area contributed by atoms with Crippen LogP contribution in [0.5, 0.6) is 23.0 Å². The molecule has 2 N–H and O–H groups in total. The molecule has 2 aromatic carbocycles. The van der Waals surface area contributed by atoms with Gasteiger partial charge in [0.15, 0.2) is 0 Å². The number of hydrogen-bond acceptors (Lipinski definition) is 6. The van der Waals surface area contributed by atoms with Crippen molar-refractivity contribution in [2.75, 3.05) is 14.2 Å². The van der Waals surface area contributed by atoms with Gasteiger partial charge >= 0.3 is 0 Å². The van der Waals surface area contributed by atoms with E-state index in [2.05, 4.69) is 41.5 Å². The van der Waals surface area contributed by atoms with Gasteiger partial charge in [0.05, 0.1) is 26.3 Å². The summed E-state index contributed by atoms with van der Waals surface area (Å²) in [6.45, 7) is 12.4. The second kappa shape index (κ2) is 14.0. The van der Waals surface area contributed by atoms with Crippen LogP contribution in [-0.4, -0.2) is 48.9 Å². The summed E-state index contributed by atoms with van der Waals surface area (Å²) in [6, 6.07) is 7.39. The van der Waals surface area contributed by atoms with Gasteiger partial charge in [0, 0.05) is 51.5 Å². The van der Waals surface area contributed by atoms with Gasteiger partial charge in [0.2, 0.25) is 0 Å². The molecule has 1 aliphatic rings. The number of ether oxygens (including phenoxy) is 2. The van der Waals surface area contributed by atoms with E-state index >= 15 is 0 Å². The van der Waals surface area contributed by atoms with E-state index in [4.69, 9.17) is 19.5 Å². The second-order valence-corrected chi connectivity index (χ2v) is 11.7. The molecule has 3 rings (SSSR count). The number of phenols is 2. The minimum atomic E-state index is -0.233. The van der Waals surface area contributed by atoms with Crippen molar-refractivity contribution in [1.29, 1.82) is 0 Å². The summed E-state index contributed by atoms with van der Waals surface area (Å²) in [5, 5.41) is 21.9. The summed E-state index contributed by atoms with van der Waals surface area (Å²) < 4.78 is 11.0. The number of aliphatic imine (C=N–C) groups is 2. The average molecular weight is 681 g/mol. The first-order valence-electron chi connectivity index (χ1n) is 12.7. The van der Waals surface area contributed by atoms with E-state index in [1.165, 1.54) is 0 Å². The SMILES string of the molecule is COc1cc(C=N[C@@H]2CCCC[C@H]2N=Cc2cc(OC)cc(C(C)(C)C)c2O)c(O)c(C(C)(C)C)c1.[Co].[I-]. The van der Waals surface area contributed by atoms with Crippen LogP contribution in [-0.2, 0) is 27.6 Å². The van der Waals surface area contributed by atoms with E-state index < -0.39 is 0 Å². The number of nitrogens with zero attached hydrogens (tertiary/aromatic N) is 2. The molecule has 213 valence electrons. The molecule has 0 saturated heterocycles. The summed E-state index contributed by atoms with van der Waals surface area (Å²) in [5.41, 5.74) is 2.47. The quantitative estimate of drug-likeness (QED) is 0.362. The molecular weight excluding hydrogens is 638 g/mol. The van der Waals surface area contributed by atoms with Gasteiger partial charge in [-0.25, -0.2) is 0 Å². The Bertz CT molecular complexity index is 1050. The fourth-order valence-electron chi connectivity index (χ4n) is 4.63. The molecule has 2 aromatic rings. The van der Waals surface area contributed by atoms with Crippen molar-refractivity contribution in [2.45, 2.75) is 90.1 Å². The number of methoxy groups -OCH3 is 2. The maximum atomic E-state index is 10.9. The Morgan fingerprint density at radius 3 is 1.34 bits per heavy atom. The van der Waals surface area contributed by atoms with Crippen LogP contribution < -0.4 is 33.5 Å². The van der Waals surface area contributed by atoms with Gasteiger partial charge in [-0.05, 0) is 47.9 Å². The largest absolute Gasteiger partial charge is 1.00 e. The Kier molecular flexibility index (Phi) is 12.6. The first-order chi connectivity index (χ1) is 16.8. The molecule has 0 spiro atoms. The van der Waals surface area contributed by atoms with Crippen LogP contribution in [0.2, 0.25) is 0 Å². The monoisotopic (exact) mass is 680 g/mol. The van der Waals surface area contributed by atoms with Crippen LogP contribution >= 0.6 is 0 Å². The molecule has 1 saturated carbocycles. The summed E-state index contributed by atoms with van der Waals surface area (Å²) in [4.78, 5) is 9.76. The van der Waals surface area contributed by atoms with Crippen LogP contribution in [0.3, 0.4) is 0 Å². The van der Waals surface area contributed by atoms with Crippen molar-refractivity contribution in [1.82, 2.24) is 0 Å². The van der Waals surface area contributed by atoms with Crippen molar-refractivity contribution in [3.8, 4) is 23.0 Å². The molecule has 0 unspecified atom stereocenters. The zero-order valence-corrected chi connectivity index (χ0v) is 27.0. The summed E-state index contributed by atoms with van der Waals surface area (Å²) >= 11 is 0. The Morgan fingerprint density at radius 2 is 1.05 bits per heavy atom. The predicted molar refractivity (Wildman–Crippen MR) is 148 cm³/mol. The Labute approximate surface area is 255 Å². The van der Waals surface area contributed by atoms with Crippen molar-refractivity contribution in [2.24, 2.45) is 9.98 Å². The summed E-state index contributed by atoms with van der Waals surface area (Å²) in [7, 11) is 3.26. The molecule has 6 nitrogen and oxygen atoms in total. The van der Waals surface area contributed by atoms with E-state index in [1.807, 2.05) is 24.3 Å². The fraction of sp³-hybridized carbons (Fsp3) is 0.533. The number of aromatic hydroxyl groups is 2. The Hall–Kier alpha value is -1.78. The first-order valence-corrected chi connectivity index (χ1v) is 12.7. The zero-order valence-electron chi connectivity index (χ0n) is 23.8. The van der Waals surface area contributed by atoms with Crippen molar-refractivity contribution in [3.05, 3.63) is 46.5 Å². The first kappa shape index (κ1) is 34.2. The van der Waals surface area contributed by atoms with Crippen LogP contribution in [0.15, 0.2) is 34.3 Å². The minimum Gasteiger partial charge on any atom is -1.00 e. The molecule has 0 aliphatic heterocycles. The van der Waals surface area contributed by atoms with E-state index in [-0.39, 0.29) is 75.2 Å². The Balaban J connectivity index is 0.00000361. The van der Waals surface area contributed by atoms with Gasteiger partial charge in [0.25, 0.3) is 0 Å². The van der Waals surface area contributed by atoms with E-state index in [9.17, 15) is 10.2 Å². The third kappa shape index (κ3) is 8.36. The van der Waals surface area contributed by atoms with Crippen LogP contribution in [0, 0.1) is 0 Å². The van der Waals surface area contributed by atoms with Gasteiger partial charge < -0.3 is 43.7 Å². The number of benzene rings is 2. The van der Waals surface area contributed by atoms with Gasteiger partial charge in [-0.1, -0.05) is 54.4 Å². The molecule has 8 heteroatoms. The second-order valence-electron chi connectivity index (χ2n) is 11.7. The molecule has 1 aliphatic carbocycles. The average Bonchev–Trinajstić information content (AvgIpc) is 2.81. The maximum absolute atomic E-state index is 10.9. The minimum absolute atomic E-state index is 0. The van der Waals surface area contributed by atoms with Gasteiger partial charge in [-0.15, -0.1) is 0 Å². The number of rotatable bonds is 6. The number of phenolic OH excluding ortho intramolecular Hbond substituents is 2. The molecule has 1 fully saturated rings. The normalized spacial score (nSPS) is 18.2. The maximum Gasteiger partial charge on any atom is 0.128 e. The predicted octanol–water partition coefficient (Wildman–Crippen LogP) is 3.56. The summed E-state index contributed by atoms with van der Waals surface area (Å²) in [5.74, 6) is 1.86. The zero-order chi connectivity index (χ0) is 26.7. The molecule has 0 heterocycles. The molecule has 1 radical (unpaired) electrons. The summed E-state index contributed by atoms with van der Waals surface area (Å²) in [6.07, 6.45) is 7.53. The van der Waals surface area contributed by atoms with Gasteiger partial charge in [-0.2, -0.15) is 0 Å². The van der Waals surface area contributed by atoms with Crippen LogP contribution in [0.1, 0.15) is 89.5 Å². The van der Waals surface area contributed by atoms with E-state index in [0.717, 1.165) is 36.8 Å². The van der Waals surface area contributed by atoms with Crippen molar-refractivity contribution < 1.29 is 60.4 Å². The molecule has 0 aromatic heterocycles. The van der Waals surface area contributed by atoms with Crippen LogP contribution in [0.4, 0.5) is 0 Å². The van der Waals surface area contributed by atoms with Crippen LogP contribution in [0.25, 0.3) is 0 Å². The third-order valence-electron chi connectivity index (χ3n) is 6.82. The van der Waals surface area contributed by atoms with E-state index in [0.29, 0.717) is 22.6 Å². The Morgan fingerprint density at radius 1 is 0.711 bits per heavy atom. The molecule has 0 amide bonds. The number of halogens is 1. The fourth-order valence-corrected chi connectivity index (χ4v) is 4.63. The topological polar surface area (TPSA) is 83.6 Å². The van der Waals surface area contributed by atoms with Gasteiger partial charge in [0.1, 0.15) is 23.0 Å². The van der Waals surface area contributed by atoms with Crippen molar-refractivity contribution in [3.63, 3.8) is 0 Å². The molecule has 0 bridgehead atoms. The van der Waals surface area contributed by atoms with E-state index in [1.54, 1.807) is 26.6 Å². The van der Waals surface area contributed by atoms with Gasteiger partial charge in [-0.3, -0.25) is 9.98 Å². The third-order valence-corrected chi connectivity index (χ3v) is 6.82. The molecular formula is C30H42CoIN2O4-.